The van der Waals surface area contributed by atoms with Crippen LogP contribution in [0.3, 0.4) is 0 Å². The van der Waals surface area contributed by atoms with Crippen LogP contribution in [0.25, 0.3) is 10.8 Å². The summed E-state index contributed by atoms with van der Waals surface area (Å²) in [6.07, 6.45) is 0. The summed E-state index contributed by atoms with van der Waals surface area (Å²) in [5, 5.41) is 18.6. The summed E-state index contributed by atoms with van der Waals surface area (Å²) in [4.78, 5) is 0.915. The Morgan fingerprint density at radius 1 is 1.21 bits per heavy atom. The number of nitrogens with zero attached hydrogens (tertiary/aromatic N) is 5. The molecule has 4 rings (SSSR count). The molecule has 28 heavy (non-hydrogen) atoms. The van der Waals surface area contributed by atoms with Gasteiger partial charge in [0.25, 0.3) is 5.89 Å². The highest BCUT2D eigenvalue weighted by Gasteiger charge is 2.20. The third-order valence-electron chi connectivity index (χ3n) is 3.72. The molecule has 2 N–H and O–H groups in total. The lowest BCUT2D eigenvalue weighted by Gasteiger charge is -2.08. The minimum Gasteiger partial charge on any atom is -0.486 e. The summed E-state index contributed by atoms with van der Waals surface area (Å²) in [5.41, 5.74) is 0. The number of benzene rings is 1. The normalized spacial score (nSPS) is 12.2. The highest BCUT2D eigenvalue weighted by Crippen LogP contribution is 2.34. The molecule has 3 aromatic heterocycles. The second-order valence-corrected chi connectivity index (χ2v) is 7.95. The molecule has 1 unspecified atom stereocenters. The first-order valence-electron chi connectivity index (χ1n) is 8.22. The number of hydrogen-bond donors (Lipinski definition) is 1. The van der Waals surface area contributed by atoms with Gasteiger partial charge in [-0.3, -0.25) is 0 Å². The molecule has 3 heterocycles. The topological polar surface area (TPSA) is 105 Å². The van der Waals surface area contributed by atoms with Crippen LogP contribution in [0.2, 0.25) is 0 Å². The van der Waals surface area contributed by atoms with Crippen molar-refractivity contribution in [3.05, 3.63) is 59.3 Å². The third kappa shape index (κ3) is 3.99. The molecular formula is C17H15FN6O2S2. The summed E-state index contributed by atoms with van der Waals surface area (Å²) in [7, 11) is 0. The number of aromatic nitrogens is 5. The van der Waals surface area contributed by atoms with Crippen LogP contribution in [0.1, 0.15) is 23.9 Å². The summed E-state index contributed by atoms with van der Waals surface area (Å²) in [6.45, 7) is 2.02. The minimum atomic E-state index is -0.328. The first-order valence-corrected chi connectivity index (χ1v) is 9.98. The standard InChI is InChI=1S/C17H15FN6O2S2/c1-10(15-21-22-16(26-15)13-3-2-8-27-13)28-17-23-20-14(24(17)19)9-25-12-6-4-11(18)5-7-12/h2-8,10H,9,19H2,1H3. The summed E-state index contributed by atoms with van der Waals surface area (Å²) < 4.78 is 25.6. The van der Waals surface area contributed by atoms with Crippen molar-refractivity contribution in [1.82, 2.24) is 25.1 Å². The predicted octanol–water partition coefficient (Wildman–Crippen LogP) is 3.67. The first kappa shape index (κ1) is 18.4. The Bertz CT molecular complexity index is 1050. The third-order valence-corrected chi connectivity index (χ3v) is 5.62. The molecule has 0 saturated carbocycles. The number of ether oxygens (including phenoxy) is 1. The quantitative estimate of drug-likeness (QED) is 0.358. The molecule has 0 saturated heterocycles. The van der Waals surface area contributed by atoms with Gasteiger partial charge in [-0.2, -0.15) is 0 Å². The van der Waals surface area contributed by atoms with E-state index in [0.717, 1.165) is 4.88 Å². The lowest BCUT2D eigenvalue weighted by molar-refractivity contribution is 0.291. The van der Waals surface area contributed by atoms with E-state index in [-0.39, 0.29) is 17.7 Å². The van der Waals surface area contributed by atoms with Gasteiger partial charge in [-0.05, 0) is 42.6 Å². The molecule has 0 aliphatic heterocycles. The van der Waals surface area contributed by atoms with Gasteiger partial charge in [-0.15, -0.1) is 31.7 Å². The first-order chi connectivity index (χ1) is 13.6. The summed E-state index contributed by atoms with van der Waals surface area (Å²) in [6, 6.07) is 9.55. The van der Waals surface area contributed by atoms with Gasteiger partial charge >= 0.3 is 0 Å². The van der Waals surface area contributed by atoms with E-state index in [9.17, 15) is 4.39 Å². The average Bonchev–Trinajstić information content (AvgIpc) is 3.43. The van der Waals surface area contributed by atoms with Crippen LogP contribution in [-0.2, 0) is 6.61 Å². The molecule has 0 amide bonds. The van der Waals surface area contributed by atoms with E-state index >= 15 is 0 Å². The fraction of sp³-hybridized carbons (Fsp3) is 0.176. The van der Waals surface area contributed by atoms with E-state index in [1.165, 1.54) is 52.0 Å². The fourth-order valence-electron chi connectivity index (χ4n) is 2.27. The van der Waals surface area contributed by atoms with Gasteiger partial charge in [-0.25, -0.2) is 9.07 Å². The molecular weight excluding hydrogens is 403 g/mol. The summed E-state index contributed by atoms with van der Waals surface area (Å²) in [5.74, 6) is 7.64. The fourth-order valence-corrected chi connectivity index (χ4v) is 3.74. The van der Waals surface area contributed by atoms with Gasteiger partial charge in [0.05, 0.1) is 10.1 Å². The predicted molar refractivity (Wildman–Crippen MR) is 103 cm³/mol. The van der Waals surface area contributed by atoms with E-state index in [2.05, 4.69) is 20.4 Å². The molecule has 8 nitrogen and oxygen atoms in total. The largest absolute Gasteiger partial charge is 0.486 e. The van der Waals surface area contributed by atoms with Gasteiger partial charge in [0.2, 0.25) is 11.0 Å². The van der Waals surface area contributed by atoms with Gasteiger partial charge in [0.15, 0.2) is 5.82 Å². The second-order valence-electron chi connectivity index (χ2n) is 5.69. The summed E-state index contributed by atoms with van der Waals surface area (Å²) >= 11 is 2.88. The zero-order valence-electron chi connectivity index (χ0n) is 14.7. The molecule has 0 radical (unpaired) electrons. The average molecular weight is 418 g/mol. The van der Waals surface area contributed by atoms with Crippen molar-refractivity contribution in [2.24, 2.45) is 0 Å². The zero-order valence-corrected chi connectivity index (χ0v) is 16.3. The smallest absolute Gasteiger partial charge is 0.257 e. The number of thioether (sulfide) groups is 1. The number of halogens is 1. The maximum absolute atomic E-state index is 12.9. The number of hydrogen-bond acceptors (Lipinski definition) is 9. The monoisotopic (exact) mass is 418 g/mol. The minimum absolute atomic E-state index is 0.104. The molecule has 144 valence electrons. The molecule has 11 heteroatoms. The van der Waals surface area contributed by atoms with Crippen molar-refractivity contribution in [2.45, 2.75) is 23.9 Å². The molecule has 0 aliphatic rings. The van der Waals surface area contributed by atoms with Crippen LogP contribution in [0.15, 0.2) is 51.4 Å². The highest BCUT2D eigenvalue weighted by atomic mass is 32.2. The van der Waals surface area contributed by atoms with Crippen LogP contribution >= 0.6 is 23.1 Å². The second kappa shape index (κ2) is 7.98. The lowest BCUT2D eigenvalue weighted by atomic mass is 10.3. The molecule has 1 atom stereocenters. The maximum Gasteiger partial charge on any atom is 0.257 e. The van der Waals surface area contributed by atoms with Crippen molar-refractivity contribution in [1.29, 1.82) is 0 Å². The van der Waals surface area contributed by atoms with Crippen LogP contribution in [0, 0.1) is 5.82 Å². The Balaban J connectivity index is 1.40. The Hall–Kier alpha value is -2.92. The van der Waals surface area contributed by atoms with Gasteiger partial charge in [-0.1, -0.05) is 17.8 Å². The van der Waals surface area contributed by atoms with E-state index in [4.69, 9.17) is 15.0 Å². The van der Waals surface area contributed by atoms with E-state index < -0.39 is 0 Å². The Morgan fingerprint density at radius 3 is 2.79 bits per heavy atom. The number of rotatable bonds is 7. The lowest BCUT2D eigenvalue weighted by Crippen LogP contribution is -2.16. The zero-order chi connectivity index (χ0) is 19.5. The highest BCUT2D eigenvalue weighted by molar-refractivity contribution is 7.99. The van der Waals surface area contributed by atoms with E-state index in [1.807, 2.05) is 24.4 Å². The molecule has 0 fully saturated rings. The molecule has 4 aromatic rings. The Morgan fingerprint density at radius 2 is 2.04 bits per heavy atom. The van der Waals surface area contributed by atoms with Gasteiger partial charge < -0.3 is 15.0 Å². The Labute approximate surface area is 167 Å². The van der Waals surface area contributed by atoms with Crippen molar-refractivity contribution >= 4 is 23.1 Å². The van der Waals surface area contributed by atoms with Crippen molar-refractivity contribution in [3.63, 3.8) is 0 Å². The van der Waals surface area contributed by atoms with Crippen molar-refractivity contribution in [2.75, 3.05) is 5.84 Å². The van der Waals surface area contributed by atoms with E-state index in [1.54, 1.807) is 0 Å². The SMILES string of the molecule is CC(Sc1nnc(COc2ccc(F)cc2)n1N)c1nnc(-c2cccs2)o1. The Kier molecular flexibility index (Phi) is 5.26. The van der Waals surface area contributed by atoms with Crippen LogP contribution in [0.5, 0.6) is 5.75 Å². The molecule has 0 spiro atoms. The molecule has 0 aliphatic carbocycles. The number of nitrogens with two attached hydrogens (primary N) is 1. The van der Waals surface area contributed by atoms with Crippen LogP contribution in [0.4, 0.5) is 4.39 Å². The van der Waals surface area contributed by atoms with Crippen LogP contribution in [-0.4, -0.2) is 25.1 Å². The van der Waals surface area contributed by atoms with Gasteiger partial charge in [0, 0.05) is 0 Å². The van der Waals surface area contributed by atoms with Crippen LogP contribution < -0.4 is 10.6 Å². The van der Waals surface area contributed by atoms with Crippen molar-refractivity contribution < 1.29 is 13.5 Å². The number of thiophene rings is 1. The number of nitrogen functional groups attached to an aromatic ring is 1. The molecule has 1 aromatic carbocycles. The van der Waals surface area contributed by atoms with E-state index in [0.29, 0.717) is 28.5 Å². The van der Waals surface area contributed by atoms with Gasteiger partial charge in [0.1, 0.15) is 18.2 Å². The van der Waals surface area contributed by atoms with Crippen molar-refractivity contribution in [3.8, 4) is 16.5 Å². The maximum atomic E-state index is 12.9. The molecule has 0 bridgehead atoms.